The zero-order valence-corrected chi connectivity index (χ0v) is 9.56. The van der Waals surface area contributed by atoms with E-state index < -0.39 is 6.10 Å². The van der Waals surface area contributed by atoms with Gasteiger partial charge < -0.3 is 5.11 Å². The summed E-state index contributed by atoms with van der Waals surface area (Å²) < 4.78 is 0. The topological polar surface area (TPSA) is 44.0 Å². The minimum atomic E-state index is -0.630. The predicted octanol–water partition coefficient (Wildman–Crippen LogP) is 2.95. The Morgan fingerprint density at radius 2 is 2.21 bits per heavy atom. The molecule has 0 aliphatic carbocycles. The van der Waals surface area contributed by atoms with Gasteiger partial charge in [-0.2, -0.15) is 5.26 Å². The minimum absolute atomic E-state index is 0.289. The van der Waals surface area contributed by atoms with Crippen LogP contribution in [0.2, 0.25) is 0 Å². The van der Waals surface area contributed by atoms with E-state index in [9.17, 15) is 5.11 Å². The lowest BCUT2D eigenvalue weighted by molar-refractivity contribution is 0.132. The Balaban J connectivity index is 2.94. The predicted molar refractivity (Wildman–Crippen MR) is 58.1 cm³/mol. The monoisotopic (exact) mass is 209 g/mol. The highest BCUT2D eigenvalue weighted by molar-refractivity contribution is 7.12. The van der Waals surface area contributed by atoms with Crippen molar-refractivity contribution < 1.29 is 5.11 Å². The highest BCUT2D eigenvalue weighted by Crippen LogP contribution is 2.31. The number of thiophene rings is 1. The number of hydrogen-bond donors (Lipinski definition) is 1. The van der Waals surface area contributed by atoms with Crippen LogP contribution in [0.5, 0.6) is 0 Å². The third-order valence-corrected chi connectivity index (χ3v) is 3.37. The molecule has 1 N–H and O–H groups in total. The van der Waals surface area contributed by atoms with Crippen LogP contribution in [0.15, 0.2) is 6.07 Å². The largest absolute Gasteiger partial charge is 0.387 e. The van der Waals surface area contributed by atoms with Gasteiger partial charge in [-0.1, -0.05) is 6.92 Å². The lowest BCUT2D eigenvalue weighted by Gasteiger charge is -2.14. The molecule has 0 fully saturated rings. The summed E-state index contributed by atoms with van der Waals surface area (Å²) in [5.74, 6) is -0.289. The standard InChI is InChI=1S/C11H15NOS/c1-4-9(6-12)11(13)10-5-7(2)14-8(10)3/h5,9,11,13H,4H2,1-3H3. The van der Waals surface area contributed by atoms with Crippen molar-refractivity contribution in [1.82, 2.24) is 0 Å². The van der Waals surface area contributed by atoms with Crippen molar-refractivity contribution in [3.63, 3.8) is 0 Å². The van der Waals surface area contributed by atoms with Crippen molar-refractivity contribution in [2.45, 2.75) is 33.3 Å². The highest BCUT2D eigenvalue weighted by Gasteiger charge is 2.21. The van der Waals surface area contributed by atoms with Gasteiger partial charge in [-0.05, 0) is 31.9 Å². The van der Waals surface area contributed by atoms with Crippen molar-refractivity contribution >= 4 is 11.3 Å². The molecule has 0 amide bonds. The van der Waals surface area contributed by atoms with Crippen molar-refractivity contribution in [3.8, 4) is 6.07 Å². The van der Waals surface area contributed by atoms with Crippen LogP contribution in [0, 0.1) is 31.1 Å². The minimum Gasteiger partial charge on any atom is -0.387 e. The van der Waals surface area contributed by atoms with Gasteiger partial charge >= 0.3 is 0 Å². The first-order valence-electron chi connectivity index (χ1n) is 4.74. The molecule has 0 spiro atoms. The van der Waals surface area contributed by atoms with E-state index >= 15 is 0 Å². The van der Waals surface area contributed by atoms with Crippen molar-refractivity contribution in [3.05, 3.63) is 21.4 Å². The van der Waals surface area contributed by atoms with Crippen molar-refractivity contribution in [2.24, 2.45) is 5.92 Å². The van der Waals surface area contributed by atoms with Crippen LogP contribution < -0.4 is 0 Å². The van der Waals surface area contributed by atoms with E-state index in [1.807, 2.05) is 26.8 Å². The van der Waals surface area contributed by atoms with Gasteiger partial charge in [0, 0.05) is 9.75 Å². The van der Waals surface area contributed by atoms with Crippen LogP contribution in [0.3, 0.4) is 0 Å². The summed E-state index contributed by atoms with van der Waals surface area (Å²) in [5, 5.41) is 18.8. The lowest BCUT2D eigenvalue weighted by Crippen LogP contribution is -2.09. The van der Waals surface area contributed by atoms with Gasteiger partial charge in [-0.3, -0.25) is 0 Å². The Morgan fingerprint density at radius 1 is 1.57 bits per heavy atom. The molecule has 0 radical (unpaired) electrons. The molecule has 1 rings (SSSR count). The van der Waals surface area contributed by atoms with Gasteiger partial charge in [0.15, 0.2) is 0 Å². The summed E-state index contributed by atoms with van der Waals surface area (Å²) in [6.07, 6.45) is 0.0568. The third-order valence-electron chi connectivity index (χ3n) is 2.38. The zero-order chi connectivity index (χ0) is 10.7. The third kappa shape index (κ3) is 2.14. The number of aliphatic hydroxyl groups excluding tert-OH is 1. The molecule has 0 aliphatic rings. The van der Waals surface area contributed by atoms with Gasteiger partial charge in [-0.25, -0.2) is 0 Å². The molecule has 0 saturated heterocycles. The second-order valence-electron chi connectivity index (χ2n) is 3.46. The molecule has 2 unspecified atom stereocenters. The SMILES string of the molecule is CCC(C#N)C(O)c1cc(C)sc1C. The maximum absolute atomic E-state index is 9.96. The molecule has 0 bridgehead atoms. The van der Waals surface area contributed by atoms with Crippen LogP contribution in [-0.4, -0.2) is 5.11 Å². The molecule has 76 valence electrons. The summed E-state index contributed by atoms with van der Waals surface area (Å²) in [6.45, 7) is 5.92. The van der Waals surface area contributed by atoms with Crippen LogP contribution in [0.4, 0.5) is 0 Å². The number of nitrogens with zero attached hydrogens (tertiary/aromatic N) is 1. The maximum Gasteiger partial charge on any atom is 0.0958 e. The quantitative estimate of drug-likeness (QED) is 0.831. The van der Waals surface area contributed by atoms with Crippen LogP contribution >= 0.6 is 11.3 Å². The van der Waals surface area contributed by atoms with E-state index in [2.05, 4.69) is 6.07 Å². The molecule has 1 aromatic rings. The first kappa shape index (κ1) is 11.2. The molecular weight excluding hydrogens is 194 g/mol. The average molecular weight is 209 g/mol. The van der Waals surface area contributed by atoms with Crippen molar-refractivity contribution in [2.75, 3.05) is 0 Å². The smallest absolute Gasteiger partial charge is 0.0958 e. The molecule has 2 atom stereocenters. The van der Waals surface area contributed by atoms with Gasteiger partial charge in [0.1, 0.15) is 0 Å². The highest BCUT2D eigenvalue weighted by atomic mass is 32.1. The average Bonchev–Trinajstić information content (AvgIpc) is 2.47. The van der Waals surface area contributed by atoms with Crippen LogP contribution in [0.25, 0.3) is 0 Å². The summed E-state index contributed by atoms with van der Waals surface area (Å²) in [4.78, 5) is 2.30. The van der Waals surface area contributed by atoms with E-state index in [4.69, 9.17) is 5.26 Å². The molecule has 0 aromatic carbocycles. The molecule has 0 aliphatic heterocycles. The van der Waals surface area contributed by atoms with Gasteiger partial charge in [-0.15, -0.1) is 11.3 Å². The van der Waals surface area contributed by atoms with Gasteiger partial charge in [0.2, 0.25) is 0 Å². The van der Waals surface area contributed by atoms with E-state index in [0.717, 1.165) is 10.4 Å². The Labute approximate surface area is 88.8 Å². The summed E-state index contributed by atoms with van der Waals surface area (Å²) in [6, 6.07) is 4.12. The maximum atomic E-state index is 9.96. The lowest BCUT2D eigenvalue weighted by atomic mass is 9.95. The summed E-state index contributed by atoms with van der Waals surface area (Å²) >= 11 is 1.67. The molecule has 0 saturated carbocycles. The Bertz CT molecular complexity index is 351. The Morgan fingerprint density at radius 3 is 2.57 bits per heavy atom. The van der Waals surface area contributed by atoms with E-state index in [1.165, 1.54) is 4.88 Å². The number of aryl methyl sites for hydroxylation is 2. The normalized spacial score (nSPS) is 14.8. The van der Waals surface area contributed by atoms with Gasteiger partial charge in [0.25, 0.3) is 0 Å². The van der Waals surface area contributed by atoms with E-state index in [-0.39, 0.29) is 5.92 Å². The number of nitriles is 1. The fourth-order valence-corrected chi connectivity index (χ4v) is 2.51. The molecule has 2 nitrogen and oxygen atoms in total. The Kier molecular flexibility index (Phi) is 3.68. The van der Waals surface area contributed by atoms with Gasteiger partial charge in [0.05, 0.1) is 18.1 Å². The summed E-state index contributed by atoms with van der Waals surface area (Å²) in [5.41, 5.74) is 0.918. The van der Waals surface area contributed by atoms with Crippen molar-refractivity contribution in [1.29, 1.82) is 5.26 Å². The molecule has 3 heteroatoms. The fraction of sp³-hybridized carbons (Fsp3) is 0.545. The number of aliphatic hydroxyl groups is 1. The van der Waals surface area contributed by atoms with Crippen LogP contribution in [0.1, 0.15) is 34.8 Å². The summed E-state index contributed by atoms with van der Waals surface area (Å²) in [7, 11) is 0. The van der Waals surface area contributed by atoms with Crippen LogP contribution in [-0.2, 0) is 0 Å². The first-order valence-corrected chi connectivity index (χ1v) is 5.56. The fourth-order valence-electron chi connectivity index (χ4n) is 1.55. The molecule has 14 heavy (non-hydrogen) atoms. The molecule has 1 heterocycles. The number of rotatable bonds is 3. The van der Waals surface area contributed by atoms with E-state index in [0.29, 0.717) is 6.42 Å². The first-order chi connectivity index (χ1) is 6.60. The van der Waals surface area contributed by atoms with E-state index in [1.54, 1.807) is 11.3 Å². The zero-order valence-electron chi connectivity index (χ0n) is 8.74. The number of hydrogen-bond acceptors (Lipinski definition) is 3. The second-order valence-corrected chi connectivity index (χ2v) is 4.92. The molecular formula is C11H15NOS. The second kappa shape index (κ2) is 4.59. The molecule has 1 aromatic heterocycles. The Hall–Kier alpha value is -0.850.